The van der Waals surface area contributed by atoms with E-state index in [9.17, 15) is 0 Å². The smallest absolute Gasteiger partial charge is 0.0943 e. The zero-order valence-corrected chi connectivity index (χ0v) is 8.77. The van der Waals surface area contributed by atoms with Crippen LogP contribution < -0.4 is 0 Å². The van der Waals surface area contributed by atoms with E-state index in [4.69, 9.17) is 9.47 Å². The van der Waals surface area contributed by atoms with Crippen LogP contribution in [0.1, 0.15) is 46.0 Å². The van der Waals surface area contributed by atoms with Gasteiger partial charge in [0.1, 0.15) is 0 Å². The molecule has 76 valence electrons. The van der Waals surface area contributed by atoms with E-state index >= 15 is 0 Å². The van der Waals surface area contributed by atoms with Gasteiger partial charge in [0.15, 0.2) is 0 Å². The highest BCUT2D eigenvalue weighted by atomic mass is 16.6. The van der Waals surface area contributed by atoms with Gasteiger partial charge in [-0.3, -0.25) is 0 Å². The average Bonchev–Trinajstić information content (AvgIpc) is 2.76. The fourth-order valence-corrected chi connectivity index (χ4v) is 2.69. The maximum absolute atomic E-state index is 5.95. The largest absolute Gasteiger partial charge is 0.372 e. The number of ether oxygens (including phenoxy) is 2. The summed E-state index contributed by atoms with van der Waals surface area (Å²) < 4.78 is 11.8. The van der Waals surface area contributed by atoms with Crippen LogP contribution in [0, 0.1) is 0 Å². The molecule has 0 bridgehead atoms. The Morgan fingerprint density at radius 3 is 2.38 bits per heavy atom. The van der Waals surface area contributed by atoms with E-state index in [1.807, 2.05) is 0 Å². The summed E-state index contributed by atoms with van der Waals surface area (Å²) in [6.45, 7) is 6.20. The molecule has 1 unspecified atom stereocenters. The van der Waals surface area contributed by atoms with Crippen LogP contribution in [0.4, 0.5) is 0 Å². The lowest BCUT2D eigenvalue weighted by molar-refractivity contribution is -0.0226. The van der Waals surface area contributed by atoms with Crippen LogP contribution in [0.5, 0.6) is 0 Å². The molecule has 13 heavy (non-hydrogen) atoms. The first-order chi connectivity index (χ1) is 6.24. The van der Waals surface area contributed by atoms with Crippen molar-refractivity contribution in [3.63, 3.8) is 0 Å². The molecular formula is C11H20O2. The van der Waals surface area contributed by atoms with E-state index in [1.54, 1.807) is 0 Å². The van der Waals surface area contributed by atoms with Crippen LogP contribution in [0.15, 0.2) is 0 Å². The second-order valence-electron chi connectivity index (χ2n) is 4.49. The Labute approximate surface area is 80.6 Å². The molecule has 0 aromatic carbocycles. The summed E-state index contributed by atoms with van der Waals surface area (Å²) in [5.41, 5.74) is 0.232. The van der Waals surface area contributed by atoms with Gasteiger partial charge in [-0.15, -0.1) is 0 Å². The summed E-state index contributed by atoms with van der Waals surface area (Å²) in [6, 6.07) is 0. The standard InChI is InChI=1S/C11H20O2/c1-3-10(4-2)8-11(9-13-10)6-5-7-12-11/h3-9H2,1-2H3. The molecule has 0 aromatic rings. The summed E-state index contributed by atoms with van der Waals surface area (Å²) in [5.74, 6) is 0. The number of rotatable bonds is 2. The van der Waals surface area contributed by atoms with Crippen molar-refractivity contribution in [1.29, 1.82) is 0 Å². The summed E-state index contributed by atoms with van der Waals surface area (Å²) in [5, 5.41) is 0. The lowest BCUT2D eigenvalue weighted by Crippen LogP contribution is -2.31. The number of hydrogen-bond acceptors (Lipinski definition) is 2. The van der Waals surface area contributed by atoms with Crippen LogP contribution in [0.3, 0.4) is 0 Å². The summed E-state index contributed by atoms with van der Waals surface area (Å²) in [7, 11) is 0. The van der Waals surface area contributed by atoms with Crippen molar-refractivity contribution >= 4 is 0 Å². The molecule has 2 rings (SSSR count). The Balaban J connectivity index is 2.06. The fraction of sp³-hybridized carbons (Fsp3) is 1.00. The van der Waals surface area contributed by atoms with Crippen LogP contribution >= 0.6 is 0 Å². The van der Waals surface area contributed by atoms with E-state index in [1.165, 1.54) is 12.8 Å². The molecule has 1 atom stereocenters. The molecule has 2 saturated heterocycles. The zero-order valence-electron chi connectivity index (χ0n) is 8.77. The minimum atomic E-state index is 0.103. The quantitative estimate of drug-likeness (QED) is 0.656. The molecule has 0 amide bonds. The third-order valence-corrected chi connectivity index (χ3v) is 3.76. The lowest BCUT2D eigenvalue weighted by Gasteiger charge is -2.27. The van der Waals surface area contributed by atoms with Crippen LogP contribution in [-0.4, -0.2) is 24.4 Å². The second-order valence-corrected chi connectivity index (χ2v) is 4.49. The first kappa shape index (κ1) is 9.47. The first-order valence-corrected chi connectivity index (χ1v) is 5.52. The Bertz CT molecular complexity index is 175. The van der Waals surface area contributed by atoms with Gasteiger partial charge >= 0.3 is 0 Å². The molecule has 2 heteroatoms. The summed E-state index contributed by atoms with van der Waals surface area (Å²) in [4.78, 5) is 0. The van der Waals surface area contributed by atoms with Crippen LogP contribution in [0.2, 0.25) is 0 Å². The highest BCUT2D eigenvalue weighted by molar-refractivity contribution is 4.99. The maximum atomic E-state index is 5.95. The molecule has 0 N–H and O–H groups in total. The van der Waals surface area contributed by atoms with E-state index in [0.29, 0.717) is 0 Å². The molecular weight excluding hydrogens is 164 g/mol. The molecule has 2 nitrogen and oxygen atoms in total. The molecule has 0 aliphatic carbocycles. The fourth-order valence-electron chi connectivity index (χ4n) is 2.69. The molecule has 0 saturated carbocycles. The SMILES string of the molecule is CCC1(CC)CC2(CCCO2)CO1. The van der Waals surface area contributed by atoms with E-state index in [-0.39, 0.29) is 11.2 Å². The predicted octanol–water partition coefficient (Wildman–Crippen LogP) is 2.51. The van der Waals surface area contributed by atoms with Crippen molar-refractivity contribution in [1.82, 2.24) is 0 Å². The predicted molar refractivity (Wildman–Crippen MR) is 51.8 cm³/mol. The molecule has 0 aromatic heterocycles. The van der Waals surface area contributed by atoms with Crippen molar-refractivity contribution in [3.05, 3.63) is 0 Å². The van der Waals surface area contributed by atoms with Gasteiger partial charge in [-0.1, -0.05) is 13.8 Å². The van der Waals surface area contributed by atoms with Gasteiger partial charge in [-0.25, -0.2) is 0 Å². The minimum Gasteiger partial charge on any atom is -0.372 e. The summed E-state index contributed by atoms with van der Waals surface area (Å²) >= 11 is 0. The van der Waals surface area contributed by atoms with Gasteiger partial charge in [-0.2, -0.15) is 0 Å². The first-order valence-electron chi connectivity index (χ1n) is 5.52. The maximum Gasteiger partial charge on any atom is 0.0943 e. The normalized spacial score (nSPS) is 37.4. The Morgan fingerprint density at radius 1 is 1.15 bits per heavy atom. The molecule has 2 aliphatic rings. The highest BCUT2D eigenvalue weighted by Crippen LogP contribution is 2.44. The molecule has 0 radical (unpaired) electrons. The topological polar surface area (TPSA) is 18.5 Å². The highest BCUT2D eigenvalue weighted by Gasteiger charge is 2.49. The zero-order chi connectivity index (χ0) is 9.36. The second kappa shape index (κ2) is 3.25. The molecule has 2 heterocycles. The third kappa shape index (κ3) is 1.50. The average molecular weight is 184 g/mol. The Hall–Kier alpha value is -0.0800. The van der Waals surface area contributed by atoms with E-state index < -0.39 is 0 Å². The van der Waals surface area contributed by atoms with E-state index in [0.717, 1.165) is 32.5 Å². The Morgan fingerprint density at radius 2 is 1.92 bits per heavy atom. The third-order valence-electron chi connectivity index (χ3n) is 3.76. The number of hydrogen-bond donors (Lipinski definition) is 0. The molecule has 2 fully saturated rings. The van der Waals surface area contributed by atoms with Crippen molar-refractivity contribution in [3.8, 4) is 0 Å². The van der Waals surface area contributed by atoms with Gasteiger partial charge in [-0.05, 0) is 25.7 Å². The molecule has 1 spiro atoms. The minimum absolute atomic E-state index is 0.103. The van der Waals surface area contributed by atoms with Gasteiger partial charge in [0.2, 0.25) is 0 Å². The van der Waals surface area contributed by atoms with Crippen molar-refractivity contribution in [2.24, 2.45) is 0 Å². The monoisotopic (exact) mass is 184 g/mol. The van der Waals surface area contributed by atoms with E-state index in [2.05, 4.69) is 13.8 Å². The van der Waals surface area contributed by atoms with Crippen LogP contribution in [-0.2, 0) is 9.47 Å². The lowest BCUT2D eigenvalue weighted by atomic mass is 9.85. The van der Waals surface area contributed by atoms with Gasteiger partial charge < -0.3 is 9.47 Å². The van der Waals surface area contributed by atoms with Crippen molar-refractivity contribution < 1.29 is 9.47 Å². The van der Waals surface area contributed by atoms with Crippen molar-refractivity contribution in [2.75, 3.05) is 13.2 Å². The van der Waals surface area contributed by atoms with Gasteiger partial charge in [0, 0.05) is 13.0 Å². The molecule has 2 aliphatic heterocycles. The van der Waals surface area contributed by atoms with Crippen molar-refractivity contribution in [2.45, 2.75) is 57.2 Å². The summed E-state index contributed by atoms with van der Waals surface area (Å²) in [6.07, 6.45) is 5.78. The van der Waals surface area contributed by atoms with Gasteiger partial charge in [0.25, 0.3) is 0 Å². The van der Waals surface area contributed by atoms with Gasteiger partial charge in [0.05, 0.1) is 17.8 Å². The Kier molecular flexibility index (Phi) is 2.37. The van der Waals surface area contributed by atoms with Crippen LogP contribution in [0.25, 0.3) is 0 Å².